The zero-order chi connectivity index (χ0) is 12.4. The summed E-state index contributed by atoms with van der Waals surface area (Å²) in [5.74, 6) is 1.34. The highest BCUT2D eigenvalue weighted by molar-refractivity contribution is 5.66. The molecule has 0 spiro atoms. The Morgan fingerprint density at radius 2 is 1.82 bits per heavy atom. The second-order valence-corrected chi connectivity index (χ2v) is 4.42. The van der Waals surface area contributed by atoms with Gasteiger partial charge in [-0.25, -0.2) is 9.97 Å². The Bertz CT molecular complexity index is 535. The fraction of sp³-hybridized carbons (Fsp3) is 0.286. The van der Waals surface area contributed by atoms with Gasteiger partial charge in [0.05, 0.1) is 5.69 Å². The molecule has 0 saturated heterocycles. The third kappa shape index (κ3) is 2.44. The van der Waals surface area contributed by atoms with Crippen LogP contribution in [0.4, 0.5) is 0 Å². The molecule has 0 amide bonds. The van der Waals surface area contributed by atoms with Crippen LogP contribution in [-0.4, -0.2) is 15.1 Å². The predicted octanol–water partition coefficient (Wildman–Crippen LogP) is 3.28. The Balaban J connectivity index is 2.56. The molecule has 2 aromatic rings. The molecule has 0 unspecified atom stereocenters. The zero-order valence-corrected chi connectivity index (χ0v) is 10.3. The van der Waals surface area contributed by atoms with Crippen LogP contribution >= 0.6 is 0 Å². The van der Waals surface area contributed by atoms with E-state index in [4.69, 9.17) is 0 Å². The van der Waals surface area contributed by atoms with E-state index in [1.165, 1.54) is 0 Å². The van der Waals surface area contributed by atoms with Gasteiger partial charge < -0.3 is 5.11 Å². The first kappa shape index (κ1) is 11.6. The van der Waals surface area contributed by atoms with Gasteiger partial charge in [-0.15, -0.1) is 0 Å². The van der Waals surface area contributed by atoms with Crippen LogP contribution in [0, 0.1) is 6.92 Å². The molecule has 3 nitrogen and oxygen atoms in total. The maximum Gasteiger partial charge on any atom is 0.131 e. The summed E-state index contributed by atoms with van der Waals surface area (Å²) in [6.45, 7) is 6.06. The number of rotatable bonds is 2. The van der Waals surface area contributed by atoms with Gasteiger partial charge in [-0.3, -0.25) is 0 Å². The number of hydrogen-bond donors (Lipinski definition) is 1. The van der Waals surface area contributed by atoms with Gasteiger partial charge in [0.1, 0.15) is 11.6 Å². The molecule has 0 aliphatic heterocycles. The lowest BCUT2D eigenvalue weighted by molar-refractivity contribution is 0.477. The second kappa shape index (κ2) is 4.53. The fourth-order valence-electron chi connectivity index (χ4n) is 1.68. The van der Waals surface area contributed by atoms with Gasteiger partial charge in [0.15, 0.2) is 0 Å². The number of aromatic nitrogens is 2. The molecule has 17 heavy (non-hydrogen) atoms. The first-order valence-electron chi connectivity index (χ1n) is 5.72. The SMILES string of the molecule is Cc1cc(-c2ccccc2O)nc(C(C)C)n1. The van der Waals surface area contributed by atoms with Crippen LogP contribution in [0.5, 0.6) is 5.75 Å². The average Bonchev–Trinajstić information content (AvgIpc) is 2.28. The number of hydrogen-bond acceptors (Lipinski definition) is 3. The fourth-order valence-corrected chi connectivity index (χ4v) is 1.68. The number of phenols is 1. The molecule has 1 N–H and O–H groups in total. The summed E-state index contributed by atoms with van der Waals surface area (Å²) < 4.78 is 0. The molecule has 0 aliphatic rings. The highest BCUT2D eigenvalue weighted by Crippen LogP contribution is 2.28. The van der Waals surface area contributed by atoms with Crippen LogP contribution in [0.2, 0.25) is 0 Å². The number of nitrogens with zero attached hydrogens (tertiary/aromatic N) is 2. The van der Waals surface area contributed by atoms with Crippen LogP contribution in [0.3, 0.4) is 0 Å². The summed E-state index contributed by atoms with van der Waals surface area (Å²) in [5.41, 5.74) is 2.45. The molecule has 88 valence electrons. The number of aromatic hydroxyl groups is 1. The molecule has 0 fully saturated rings. The maximum absolute atomic E-state index is 9.82. The van der Waals surface area contributed by atoms with Crippen LogP contribution < -0.4 is 0 Å². The molecule has 1 aromatic heterocycles. The Hall–Kier alpha value is -1.90. The smallest absolute Gasteiger partial charge is 0.131 e. The summed E-state index contributed by atoms with van der Waals surface area (Å²) in [5, 5.41) is 9.82. The van der Waals surface area contributed by atoms with E-state index in [1.54, 1.807) is 12.1 Å². The standard InChI is InChI=1S/C14H16N2O/c1-9(2)14-15-10(3)8-12(16-14)11-6-4-5-7-13(11)17/h4-9,17H,1-3H3. The van der Waals surface area contributed by atoms with Crippen molar-refractivity contribution in [2.45, 2.75) is 26.7 Å². The number of aryl methyl sites for hydroxylation is 1. The molecule has 2 rings (SSSR count). The summed E-state index contributed by atoms with van der Waals surface area (Å²) in [4.78, 5) is 8.89. The number of benzene rings is 1. The molecule has 3 heteroatoms. The lowest BCUT2D eigenvalue weighted by atomic mass is 10.1. The van der Waals surface area contributed by atoms with Gasteiger partial charge in [0.2, 0.25) is 0 Å². The van der Waals surface area contributed by atoms with Gasteiger partial charge in [0, 0.05) is 17.2 Å². The van der Waals surface area contributed by atoms with E-state index in [9.17, 15) is 5.11 Å². The van der Waals surface area contributed by atoms with Crippen LogP contribution in [-0.2, 0) is 0 Å². The highest BCUT2D eigenvalue weighted by atomic mass is 16.3. The van der Waals surface area contributed by atoms with Gasteiger partial charge in [0.25, 0.3) is 0 Å². The van der Waals surface area contributed by atoms with Crippen molar-refractivity contribution < 1.29 is 5.11 Å². The summed E-state index contributed by atoms with van der Waals surface area (Å²) in [6, 6.07) is 9.11. The minimum atomic E-state index is 0.250. The molecular weight excluding hydrogens is 212 g/mol. The van der Waals surface area contributed by atoms with Crippen molar-refractivity contribution in [2.24, 2.45) is 0 Å². The van der Waals surface area contributed by atoms with E-state index < -0.39 is 0 Å². The van der Waals surface area contributed by atoms with Crippen molar-refractivity contribution in [3.05, 3.63) is 41.9 Å². The van der Waals surface area contributed by atoms with Crippen molar-refractivity contribution in [2.75, 3.05) is 0 Å². The van der Waals surface area contributed by atoms with Crippen molar-refractivity contribution in [3.63, 3.8) is 0 Å². The van der Waals surface area contributed by atoms with E-state index in [1.807, 2.05) is 25.1 Å². The minimum Gasteiger partial charge on any atom is -0.507 e. The zero-order valence-electron chi connectivity index (χ0n) is 10.3. The van der Waals surface area contributed by atoms with Gasteiger partial charge in [-0.2, -0.15) is 0 Å². The van der Waals surface area contributed by atoms with E-state index in [2.05, 4.69) is 23.8 Å². The molecule has 0 bridgehead atoms. The van der Waals surface area contributed by atoms with Crippen LogP contribution in [0.25, 0.3) is 11.3 Å². The minimum absolute atomic E-state index is 0.250. The van der Waals surface area contributed by atoms with Gasteiger partial charge in [-0.1, -0.05) is 26.0 Å². The van der Waals surface area contributed by atoms with E-state index in [0.29, 0.717) is 0 Å². The molecule has 0 atom stereocenters. The lowest BCUT2D eigenvalue weighted by Crippen LogP contribution is -2.00. The highest BCUT2D eigenvalue weighted by Gasteiger charge is 2.10. The van der Waals surface area contributed by atoms with Crippen molar-refractivity contribution in [1.82, 2.24) is 9.97 Å². The van der Waals surface area contributed by atoms with Crippen LogP contribution in [0.1, 0.15) is 31.3 Å². The van der Waals surface area contributed by atoms with Gasteiger partial charge in [-0.05, 0) is 25.1 Å². The topological polar surface area (TPSA) is 46.0 Å². The van der Waals surface area contributed by atoms with Gasteiger partial charge >= 0.3 is 0 Å². The van der Waals surface area contributed by atoms with Crippen molar-refractivity contribution in [3.8, 4) is 17.0 Å². The van der Waals surface area contributed by atoms with Crippen molar-refractivity contribution in [1.29, 1.82) is 0 Å². The Morgan fingerprint density at radius 3 is 2.47 bits per heavy atom. The van der Waals surface area contributed by atoms with E-state index >= 15 is 0 Å². The quantitative estimate of drug-likeness (QED) is 0.858. The number of para-hydroxylation sites is 1. The molecule has 1 aromatic carbocycles. The monoisotopic (exact) mass is 228 g/mol. The Morgan fingerprint density at radius 1 is 1.12 bits per heavy atom. The Labute approximate surface area is 101 Å². The third-order valence-electron chi connectivity index (χ3n) is 2.57. The van der Waals surface area contributed by atoms with Crippen LogP contribution in [0.15, 0.2) is 30.3 Å². The molecule has 1 heterocycles. The predicted molar refractivity (Wildman–Crippen MR) is 68.0 cm³/mol. The third-order valence-corrected chi connectivity index (χ3v) is 2.57. The average molecular weight is 228 g/mol. The largest absolute Gasteiger partial charge is 0.507 e. The van der Waals surface area contributed by atoms with Crippen molar-refractivity contribution >= 4 is 0 Å². The normalized spacial score (nSPS) is 10.8. The Kier molecular flexibility index (Phi) is 3.09. The number of phenolic OH excluding ortho intramolecular Hbond substituents is 1. The first-order valence-corrected chi connectivity index (χ1v) is 5.72. The second-order valence-electron chi connectivity index (χ2n) is 4.42. The first-order chi connectivity index (χ1) is 8.08. The van der Waals surface area contributed by atoms with E-state index in [-0.39, 0.29) is 11.7 Å². The molecular formula is C14H16N2O. The lowest BCUT2D eigenvalue weighted by Gasteiger charge is -2.09. The molecule has 0 radical (unpaired) electrons. The molecule has 0 aliphatic carbocycles. The summed E-state index contributed by atoms with van der Waals surface area (Å²) in [6.07, 6.45) is 0. The maximum atomic E-state index is 9.82. The summed E-state index contributed by atoms with van der Waals surface area (Å²) in [7, 11) is 0. The molecule has 0 saturated carbocycles. The summed E-state index contributed by atoms with van der Waals surface area (Å²) >= 11 is 0. The van der Waals surface area contributed by atoms with E-state index in [0.717, 1.165) is 22.8 Å².